The zero-order chi connectivity index (χ0) is 21.8. The van der Waals surface area contributed by atoms with Crippen molar-refractivity contribution in [2.24, 2.45) is 0 Å². The molecule has 0 unspecified atom stereocenters. The van der Waals surface area contributed by atoms with Gasteiger partial charge in [0.1, 0.15) is 12.4 Å². The Morgan fingerprint density at radius 2 is 1.68 bits per heavy atom. The standard InChI is InChI=1S/C24H17Cl2NO3S/c25-19-9-8-18(21(26)13-19)15-30-20-10-6-16(7-11-20)12-22-23(28)27(24(29)31-22)14-17-4-2-1-3-5-17/h1-13H,14-15H2/b22-12-. The molecule has 0 radical (unpaired) electrons. The summed E-state index contributed by atoms with van der Waals surface area (Å²) in [6.45, 7) is 0.580. The van der Waals surface area contributed by atoms with Gasteiger partial charge in [0.05, 0.1) is 11.4 Å². The molecule has 1 saturated heterocycles. The van der Waals surface area contributed by atoms with Gasteiger partial charge in [0.2, 0.25) is 0 Å². The number of imide groups is 1. The first-order valence-electron chi connectivity index (χ1n) is 9.46. The Morgan fingerprint density at radius 3 is 2.39 bits per heavy atom. The molecule has 0 spiro atoms. The number of hydrogen-bond acceptors (Lipinski definition) is 4. The Balaban J connectivity index is 1.41. The van der Waals surface area contributed by atoms with Crippen LogP contribution in [-0.2, 0) is 17.9 Å². The zero-order valence-corrected chi connectivity index (χ0v) is 18.6. The summed E-state index contributed by atoms with van der Waals surface area (Å²) < 4.78 is 5.78. The van der Waals surface area contributed by atoms with Gasteiger partial charge in [-0.1, -0.05) is 71.7 Å². The predicted molar refractivity (Wildman–Crippen MR) is 125 cm³/mol. The fraction of sp³-hybridized carbons (Fsp3) is 0.0833. The SMILES string of the molecule is O=C1S/C(=C\c2ccc(OCc3ccc(Cl)cc3Cl)cc2)C(=O)N1Cc1ccccc1. The van der Waals surface area contributed by atoms with Crippen LogP contribution in [0.3, 0.4) is 0 Å². The fourth-order valence-corrected chi connectivity index (χ4v) is 4.32. The van der Waals surface area contributed by atoms with Crippen LogP contribution >= 0.6 is 35.0 Å². The molecule has 0 saturated carbocycles. The van der Waals surface area contributed by atoms with E-state index in [1.54, 1.807) is 18.2 Å². The molecule has 7 heteroatoms. The van der Waals surface area contributed by atoms with Gasteiger partial charge < -0.3 is 4.74 Å². The van der Waals surface area contributed by atoms with Crippen LogP contribution in [0.5, 0.6) is 5.75 Å². The van der Waals surface area contributed by atoms with E-state index in [0.29, 0.717) is 27.3 Å². The molecule has 156 valence electrons. The number of carbonyl (C=O) groups is 2. The highest BCUT2D eigenvalue weighted by Crippen LogP contribution is 2.33. The summed E-state index contributed by atoms with van der Waals surface area (Å²) in [5.41, 5.74) is 2.55. The quantitative estimate of drug-likeness (QED) is 0.372. The normalized spacial score (nSPS) is 15.0. The molecule has 1 aliphatic rings. The Morgan fingerprint density at radius 1 is 0.935 bits per heavy atom. The van der Waals surface area contributed by atoms with Crippen molar-refractivity contribution in [3.05, 3.63) is 104 Å². The number of hydrogen-bond donors (Lipinski definition) is 0. The van der Waals surface area contributed by atoms with Crippen molar-refractivity contribution < 1.29 is 14.3 Å². The molecule has 0 bridgehead atoms. The van der Waals surface area contributed by atoms with Crippen molar-refractivity contribution in [2.45, 2.75) is 13.2 Å². The molecule has 4 rings (SSSR count). The van der Waals surface area contributed by atoms with E-state index >= 15 is 0 Å². The van der Waals surface area contributed by atoms with E-state index in [1.165, 1.54) is 4.90 Å². The fourth-order valence-electron chi connectivity index (χ4n) is 3.01. The number of nitrogens with zero attached hydrogens (tertiary/aromatic N) is 1. The molecule has 3 aromatic carbocycles. The van der Waals surface area contributed by atoms with Gasteiger partial charge in [-0.05, 0) is 53.2 Å². The number of halogens is 2. The molecular formula is C24H17Cl2NO3S. The summed E-state index contributed by atoms with van der Waals surface area (Å²) in [7, 11) is 0. The molecule has 1 aliphatic heterocycles. The monoisotopic (exact) mass is 469 g/mol. The van der Waals surface area contributed by atoms with Crippen molar-refractivity contribution >= 4 is 52.2 Å². The van der Waals surface area contributed by atoms with E-state index in [9.17, 15) is 9.59 Å². The number of carbonyl (C=O) groups excluding carboxylic acids is 2. The second-order valence-electron chi connectivity index (χ2n) is 6.85. The van der Waals surface area contributed by atoms with Crippen molar-refractivity contribution in [1.82, 2.24) is 4.90 Å². The van der Waals surface area contributed by atoms with E-state index in [1.807, 2.05) is 60.7 Å². The van der Waals surface area contributed by atoms with Crippen LogP contribution in [0.15, 0.2) is 77.7 Å². The minimum Gasteiger partial charge on any atom is -0.489 e. The first-order valence-corrected chi connectivity index (χ1v) is 11.0. The number of benzene rings is 3. The Labute approximate surface area is 194 Å². The van der Waals surface area contributed by atoms with E-state index in [2.05, 4.69) is 0 Å². The maximum atomic E-state index is 12.7. The molecule has 1 heterocycles. The van der Waals surface area contributed by atoms with Gasteiger partial charge in [0.15, 0.2) is 0 Å². The van der Waals surface area contributed by atoms with Gasteiger partial charge >= 0.3 is 0 Å². The van der Waals surface area contributed by atoms with Gasteiger partial charge in [-0.2, -0.15) is 0 Å². The maximum Gasteiger partial charge on any atom is 0.293 e. The third kappa shape index (κ3) is 5.31. The maximum absolute atomic E-state index is 12.7. The van der Waals surface area contributed by atoms with Crippen LogP contribution in [-0.4, -0.2) is 16.0 Å². The predicted octanol–water partition coefficient (Wildman–Crippen LogP) is 6.81. The molecule has 31 heavy (non-hydrogen) atoms. The van der Waals surface area contributed by atoms with Crippen molar-refractivity contribution in [1.29, 1.82) is 0 Å². The highest BCUT2D eigenvalue weighted by atomic mass is 35.5. The third-order valence-corrected chi connectivity index (χ3v) is 6.14. The second kappa shape index (κ2) is 9.60. The topological polar surface area (TPSA) is 46.6 Å². The highest BCUT2D eigenvalue weighted by Gasteiger charge is 2.34. The van der Waals surface area contributed by atoms with Crippen LogP contribution in [0, 0.1) is 0 Å². The minimum absolute atomic E-state index is 0.264. The van der Waals surface area contributed by atoms with Gasteiger partial charge in [0, 0.05) is 15.6 Å². The molecule has 1 fully saturated rings. The molecule has 0 atom stereocenters. The van der Waals surface area contributed by atoms with Crippen LogP contribution in [0.2, 0.25) is 10.0 Å². The third-order valence-electron chi connectivity index (χ3n) is 4.64. The molecule has 3 aromatic rings. The second-order valence-corrected chi connectivity index (χ2v) is 8.68. The van der Waals surface area contributed by atoms with E-state index < -0.39 is 0 Å². The van der Waals surface area contributed by atoms with E-state index in [0.717, 1.165) is 28.5 Å². The summed E-state index contributed by atoms with van der Waals surface area (Å²) in [6.07, 6.45) is 1.72. The van der Waals surface area contributed by atoms with Crippen molar-refractivity contribution in [3.63, 3.8) is 0 Å². The molecule has 2 amide bonds. The Hall–Kier alpha value is -2.73. The summed E-state index contributed by atoms with van der Waals surface area (Å²) in [5, 5.41) is 0.863. The van der Waals surface area contributed by atoms with Crippen molar-refractivity contribution in [2.75, 3.05) is 0 Å². The average Bonchev–Trinajstić information content (AvgIpc) is 3.02. The lowest BCUT2D eigenvalue weighted by Gasteiger charge is -2.12. The summed E-state index contributed by atoms with van der Waals surface area (Å²) in [5.74, 6) is 0.386. The zero-order valence-electron chi connectivity index (χ0n) is 16.3. The van der Waals surface area contributed by atoms with Crippen LogP contribution in [0.4, 0.5) is 4.79 Å². The number of amides is 2. The van der Waals surface area contributed by atoms with Crippen LogP contribution < -0.4 is 4.74 Å². The summed E-state index contributed by atoms with van der Waals surface area (Å²) >= 11 is 13.0. The van der Waals surface area contributed by atoms with Gasteiger partial charge in [0.25, 0.3) is 11.1 Å². The Kier molecular flexibility index (Phi) is 6.66. The van der Waals surface area contributed by atoms with E-state index in [4.69, 9.17) is 27.9 Å². The lowest BCUT2D eigenvalue weighted by Crippen LogP contribution is -2.27. The lowest BCUT2D eigenvalue weighted by atomic mass is 10.2. The summed E-state index contributed by atoms with van der Waals surface area (Å²) in [4.78, 5) is 26.6. The number of thioether (sulfide) groups is 1. The smallest absolute Gasteiger partial charge is 0.293 e. The van der Waals surface area contributed by atoms with Crippen LogP contribution in [0.25, 0.3) is 6.08 Å². The van der Waals surface area contributed by atoms with E-state index in [-0.39, 0.29) is 17.7 Å². The molecule has 0 aromatic heterocycles. The molecule has 4 nitrogen and oxygen atoms in total. The molecule has 0 aliphatic carbocycles. The van der Waals surface area contributed by atoms with Gasteiger partial charge in [-0.15, -0.1) is 0 Å². The van der Waals surface area contributed by atoms with Gasteiger partial charge in [-0.3, -0.25) is 14.5 Å². The van der Waals surface area contributed by atoms with Gasteiger partial charge in [-0.25, -0.2) is 0 Å². The minimum atomic E-state index is -0.281. The highest BCUT2D eigenvalue weighted by molar-refractivity contribution is 8.18. The largest absolute Gasteiger partial charge is 0.489 e. The average molecular weight is 470 g/mol. The first kappa shape index (κ1) is 21.5. The number of rotatable bonds is 6. The molecule has 0 N–H and O–H groups in total. The lowest BCUT2D eigenvalue weighted by molar-refractivity contribution is -0.123. The Bertz CT molecular complexity index is 1150. The summed E-state index contributed by atoms with van der Waals surface area (Å²) in [6, 6.07) is 22.0. The number of ether oxygens (including phenoxy) is 1. The first-order chi connectivity index (χ1) is 15.0. The van der Waals surface area contributed by atoms with Crippen LogP contribution in [0.1, 0.15) is 16.7 Å². The molecular weight excluding hydrogens is 453 g/mol. The van der Waals surface area contributed by atoms with Crippen molar-refractivity contribution in [3.8, 4) is 5.75 Å².